The summed E-state index contributed by atoms with van der Waals surface area (Å²) < 4.78 is 0. The predicted molar refractivity (Wildman–Crippen MR) is 122 cm³/mol. The van der Waals surface area contributed by atoms with E-state index < -0.39 is 0 Å². The Labute approximate surface area is 177 Å². The van der Waals surface area contributed by atoms with Gasteiger partial charge in [0.1, 0.15) is 0 Å². The lowest BCUT2D eigenvalue weighted by atomic mass is 9.95. The van der Waals surface area contributed by atoms with Gasteiger partial charge in [0.2, 0.25) is 5.91 Å². The molecule has 0 saturated carbocycles. The molecule has 1 aromatic heterocycles. The topological polar surface area (TPSA) is 36.1 Å². The number of hydrogen-bond donors (Lipinski definition) is 1. The molecule has 4 aromatic rings. The fourth-order valence-corrected chi connectivity index (χ4v) is 4.82. The molecule has 3 aromatic carbocycles. The molecule has 1 aliphatic rings. The van der Waals surface area contributed by atoms with Crippen LogP contribution in [-0.2, 0) is 4.79 Å². The zero-order chi connectivity index (χ0) is 20.7. The summed E-state index contributed by atoms with van der Waals surface area (Å²) in [5, 5.41) is 1.21. The van der Waals surface area contributed by atoms with E-state index in [1.54, 1.807) is 0 Å². The maximum absolute atomic E-state index is 13.0. The Morgan fingerprint density at radius 1 is 0.933 bits per heavy atom. The van der Waals surface area contributed by atoms with Crippen LogP contribution >= 0.6 is 0 Å². The van der Waals surface area contributed by atoms with Gasteiger partial charge in [-0.05, 0) is 37.5 Å². The molecule has 3 heteroatoms. The summed E-state index contributed by atoms with van der Waals surface area (Å²) in [4.78, 5) is 18.8. The molecule has 0 aliphatic carbocycles. The number of fused-ring (bicyclic) bond motifs is 1. The molecule has 1 amide bonds. The number of hydrogen-bond acceptors (Lipinski definition) is 1. The summed E-state index contributed by atoms with van der Waals surface area (Å²) in [7, 11) is 0. The number of rotatable bonds is 4. The molecule has 1 N–H and O–H groups in total. The molecule has 2 unspecified atom stereocenters. The van der Waals surface area contributed by atoms with Crippen LogP contribution < -0.4 is 0 Å². The van der Waals surface area contributed by atoms with Gasteiger partial charge in [-0.15, -0.1) is 0 Å². The molecule has 0 spiro atoms. The monoisotopic (exact) mass is 394 g/mol. The first-order chi connectivity index (χ1) is 14.6. The van der Waals surface area contributed by atoms with Gasteiger partial charge in [-0.2, -0.15) is 0 Å². The van der Waals surface area contributed by atoms with Crippen LogP contribution in [-0.4, -0.2) is 15.8 Å². The lowest BCUT2D eigenvalue weighted by Gasteiger charge is -2.32. The van der Waals surface area contributed by atoms with Crippen LogP contribution in [0.2, 0.25) is 0 Å². The maximum atomic E-state index is 13.0. The van der Waals surface area contributed by atoms with Gasteiger partial charge in [-0.1, -0.05) is 78.4 Å². The quantitative estimate of drug-likeness (QED) is 0.418. The summed E-state index contributed by atoms with van der Waals surface area (Å²) in [6, 6.07) is 27.5. The largest absolute Gasteiger partial charge is 0.354 e. The fraction of sp³-hybridized carbons (Fsp3) is 0.222. The molecular weight excluding hydrogens is 368 g/mol. The van der Waals surface area contributed by atoms with Crippen LogP contribution in [0.4, 0.5) is 0 Å². The van der Waals surface area contributed by atoms with E-state index in [1.165, 1.54) is 27.6 Å². The molecule has 5 rings (SSSR count). The Balaban J connectivity index is 1.67. The van der Waals surface area contributed by atoms with Crippen molar-refractivity contribution in [2.45, 2.75) is 38.8 Å². The van der Waals surface area contributed by atoms with Gasteiger partial charge in [-0.3, -0.25) is 4.79 Å². The maximum Gasteiger partial charge on any atom is 0.223 e. The van der Waals surface area contributed by atoms with Crippen LogP contribution in [0.3, 0.4) is 0 Å². The zero-order valence-corrected chi connectivity index (χ0v) is 17.4. The third-order valence-corrected chi connectivity index (χ3v) is 6.37. The highest BCUT2D eigenvalue weighted by Gasteiger charge is 2.38. The van der Waals surface area contributed by atoms with Crippen LogP contribution in [0.5, 0.6) is 0 Å². The van der Waals surface area contributed by atoms with Gasteiger partial charge < -0.3 is 9.88 Å². The second-order valence-corrected chi connectivity index (χ2v) is 8.27. The summed E-state index contributed by atoms with van der Waals surface area (Å²) in [6.07, 6.45) is 1.44. The lowest BCUT2D eigenvalue weighted by molar-refractivity contribution is -0.131. The Morgan fingerprint density at radius 3 is 2.40 bits per heavy atom. The van der Waals surface area contributed by atoms with Gasteiger partial charge in [0.15, 0.2) is 0 Å². The number of H-pyrrole nitrogens is 1. The van der Waals surface area contributed by atoms with E-state index in [1.807, 2.05) is 18.2 Å². The Morgan fingerprint density at radius 2 is 1.63 bits per heavy atom. The molecule has 3 nitrogen and oxygen atoms in total. The van der Waals surface area contributed by atoms with Gasteiger partial charge in [0.25, 0.3) is 0 Å². The minimum absolute atomic E-state index is 0.0331. The van der Waals surface area contributed by atoms with Crippen molar-refractivity contribution >= 4 is 16.8 Å². The minimum Gasteiger partial charge on any atom is -0.354 e. The van der Waals surface area contributed by atoms with Gasteiger partial charge in [0, 0.05) is 22.9 Å². The van der Waals surface area contributed by atoms with E-state index in [9.17, 15) is 4.79 Å². The molecule has 1 fully saturated rings. The normalized spacial score (nSPS) is 17.6. The van der Waals surface area contributed by atoms with Crippen LogP contribution in [0.25, 0.3) is 22.2 Å². The number of aryl methyl sites for hydroxylation is 1. The number of nitrogens with one attached hydrogen (secondary N) is 1. The minimum atomic E-state index is 0.0331. The predicted octanol–water partition coefficient (Wildman–Crippen LogP) is 6.57. The van der Waals surface area contributed by atoms with Crippen molar-refractivity contribution in [3.8, 4) is 11.3 Å². The molecule has 2 atom stereocenters. The molecule has 30 heavy (non-hydrogen) atoms. The summed E-state index contributed by atoms with van der Waals surface area (Å²) in [6.45, 7) is 4.25. The third-order valence-electron chi connectivity index (χ3n) is 6.37. The number of amides is 1. The van der Waals surface area contributed by atoms with Crippen molar-refractivity contribution in [2.24, 2.45) is 0 Å². The number of likely N-dealkylation sites (tertiary alicyclic amines) is 1. The van der Waals surface area contributed by atoms with Crippen molar-refractivity contribution in [3.63, 3.8) is 0 Å². The average molecular weight is 395 g/mol. The number of nitrogens with zero attached hydrogens (tertiary/aromatic N) is 1. The number of aromatic nitrogens is 1. The highest BCUT2D eigenvalue weighted by Crippen LogP contribution is 2.45. The van der Waals surface area contributed by atoms with Crippen molar-refractivity contribution < 1.29 is 4.79 Å². The fourth-order valence-electron chi connectivity index (χ4n) is 4.82. The van der Waals surface area contributed by atoms with Crippen molar-refractivity contribution in [2.75, 3.05) is 0 Å². The molecule has 150 valence electrons. The Hall–Kier alpha value is -3.33. The number of aromatic amines is 1. The van der Waals surface area contributed by atoms with Crippen molar-refractivity contribution in [3.05, 3.63) is 95.6 Å². The summed E-state index contributed by atoms with van der Waals surface area (Å²) in [5.74, 6) is 0.233. The van der Waals surface area contributed by atoms with Gasteiger partial charge in [-0.25, -0.2) is 0 Å². The number of carbonyl (C=O) groups excluding carboxylic acids is 1. The van der Waals surface area contributed by atoms with E-state index in [0.717, 1.165) is 17.6 Å². The highest BCUT2D eigenvalue weighted by molar-refractivity contribution is 5.93. The summed E-state index contributed by atoms with van der Waals surface area (Å²) >= 11 is 0. The van der Waals surface area contributed by atoms with E-state index in [0.29, 0.717) is 6.42 Å². The van der Waals surface area contributed by atoms with Gasteiger partial charge >= 0.3 is 0 Å². The Bertz CT molecular complexity index is 1190. The number of carbonyl (C=O) groups is 1. The lowest BCUT2D eigenvalue weighted by Crippen LogP contribution is -2.30. The molecule has 1 aliphatic heterocycles. The SMILES string of the molecule is Cc1ccc(-c2[nH]c3ccccc3c2C2CCC(=O)N2C(C)c2ccccc2)cc1. The van der Waals surface area contributed by atoms with Crippen LogP contribution in [0, 0.1) is 6.92 Å². The first-order valence-electron chi connectivity index (χ1n) is 10.7. The van der Waals surface area contributed by atoms with Crippen LogP contribution in [0.15, 0.2) is 78.9 Å². The molecule has 0 radical (unpaired) electrons. The highest BCUT2D eigenvalue weighted by atomic mass is 16.2. The number of benzene rings is 3. The standard InChI is InChI=1S/C27H26N2O/c1-18-12-14-21(15-13-18)27-26(22-10-6-7-11-23(22)28-27)24-16-17-25(30)29(24)19(2)20-8-4-3-5-9-20/h3-15,19,24,28H,16-17H2,1-2H3. The van der Waals surface area contributed by atoms with Crippen LogP contribution in [0.1, 0.15) is 48.5 Å². The second kappa shape index (κ2) is 7.49. The first-order valence-corrected chi connectivity index (χ1v) is 10.7. The number of para-hydroxylation sites is 1. The van der Waals surface area contributed by atoms with Crippen molar-refractivity contribution in [1.29, 1.82) is 0 Å². The molecular formula is C27H26N2O. The Kier molecular flexibility index (Phi) is 4.66. The van der Waals surface area contributed by atoms with E-state index in [2.05, 4.69) is 84.4 Å². The molecule has 1 saturated heterocycles. The summed E-state index contributed by atoms with van der Waals surface area (Å²) in [5.41, 5.74) is 7.07. The van der Waals surface area contributed by atoms with Gasteiger partial charge in [0.05, 0.1) is 17.8 Å². The molecule has 0 bridgehead atoms. The zero-order valence-electron chi connectivity index (χ0n) is 17.4. The molecule has 2 heterocycles. The van der Waals surface area contributed by atoms with E-state index in [4.69, 9.17) is 0 Å². The van der Waals surface area contributed by atoms with E-state index in [-0.39, 0.29) is 18.0 Å². The van der Waals surface area contributed by atoms with Crippen molar-refractivity contribution in [1.82, 2.24) is 9.88 Å². The first kappa shape index (κ1) is 18.7. The van der Waals surface area contributed by atoms with E-state index >= 15 is 0 Å². The third kappa shape index (κ3) is 3.11. The smallest absolute Gasteiger partial charge is 0.223 e. The second-order valence-electron chi connectivity index (χ2n) is 8.27. The average Bonchev–Trinajstić information content (AvgIpc) is 3.34.